The largest absolute Gasteiger partial charge is 0.496 e. The molecule has 0 amide bonds. The first-order valence-corrected chi connectivity index (χ1v) is 8.26. The molecular formula is C18H28N2O. The van der Waals surface area contributed by atoms with E-state index in [1.54, 1.807) is 7.11 Å². The predicted octanol–water partition coefficient (Wildman–Crippen LogP) is 2.89. The van der Waals surface area contributed by atoms with E-state index in [0.717, 1.165) is 30.8 Å². The van der Waals surface area contributed by atoms with Crippen LogP contribution >= 0.6 is 0 Å². The third-order valence-corrected chi connectivity index (χ3v) is 4.87. The van der Waals surface area contributed by atoms with E-state index in [9.17, 15) is 0 Å². The van der Waals surface area contributed by atoms with Crippen molar-refractivity contribution in [1.29, 1.82) is 0 Å². The van der Waals surface area contributed by atoms with Gasteiger partial charge in [0.2, 0.25) is 0 Å². The van der Waals surface area contributed by atoms with Crippen LogP contribution in [0.15, 0.2) is 12.1 Å². The zero-order valence-electron chi connectivity index (χ0n) is 13.6. The molecule has 1 N–H and O–H groups in total. The average Bonchev–Trinajstić information content (AvgIpc) is 3.19. The topological polar surface area (TPSA) is 24.5 Å². The van der Waals surface area contributed by atoms with Gasteiger partial charge >= 0.3 is 0 Å². The summed E-state index contributed by atoms with van der Waals surface area (Å²) in [5.41, 5.74) is 3.83. The van der Waals surface area contributed by atoms with Gasteiger partial charge in [-0.05, 0) is 68.8 Å². The number of ether oxygens (including phenoxy) is 1. The van der Waals surface area contributed by atoms with Crippen LogP contribution in [0, 0.1) is 19.8 Å². The fourth-order valence-electron chi connectivity index (χ4n) is 3.69. The number of aryl methyl sites for hydroxylation is 2. The van der Waals surface area contributed by atoms with E-state index in [1.165, 1.54) is 49.0 Å². The second-order valence-electron chi connectivity index (χ2n) is 6.77. The molecule has 0 bridgehead atoms. The van der Waals surface area contributed by atoms with Gasteiger partial charge in [0.1, 0.15) is 5.75 Å². The summed E-state index contributed by atoms with van der Waals surface area (Å²) in [5.74, 6) is 1.86. The highest BCUT2D eigenvalue weighted by atomic mass is 16.5. The second-order valence-corrected chi connectivity index (χ2v) is 6.77. The summed E-state index contributed by atoms with van der Waals surface area (Å²) in [4.78, 5) is 2.69. The first-order valence-electron chi connectivity index (χ1n) is 8.26. The van der Waals surface area contributed by atoms with E-state index < -0.39 is 0 Å². The molecule has 1 aliphatic heterocycles. The van der Waals surface area contributed by atoms with Crippen LogP contribution in [-0.4, -0.2) is 37.7 Å². The fourth-order valence-corrected chi connectivity index (χ4v) is 3.69. The van der Waals surface area contributed by atoms with Gasteiger partial charge in [0.15, 0.2) is 0 Å². The summed E-state index contributed by atoms with van der Waals surface area (Å²) < 4.78 is 5.43. The Labute approximate surface area is 128 Å². The maximum atomic E-state index is 5.43. The lowest BCUT2D eigenvalue weighted by Gasteiger charge is -2.16. The summed E-state index contributed by atoms with van der Waals surface area (Å²) in [5, 5.41) is 3.65. The van der Waals surface area contributed by atoms with Crippen LogP contribution in [-0.2, 0) is 6.54 Å². The normalized spacial score (nSPS) is 22.7. The Hall–Kier alpha value is -1.06. The Morgan fingerprint density at radius 1 is 1.19 bits per heavy atom. The van der Waals surface area contributed by atoms with Gasteiger partial charge in [-0.1, -0.05) is 12.1 Å². The Morgan fingerprint density at radius 2 is 1.90 bits per heavy atom. The fraction of sp³-hybridized carbons (Fsp3) is 0.667. The molecule has 2 fully saturated rings. The third kappa shape index (κ3) is 3.58. The van der Waals surface area contributed by atoms with Gasteiger partial charge in [-0.2, -0.15) is 0 Å². The minimum absolute atomic E-state index is 0.839. The number of rotatable bonds is 6. The molecule has 21 heavy (non-hydrogen) atoms. The van der Waals surface area contributed by atoms with Gasteiger partial charge in [-0.25, -0.2) is 0 Å². The number of methoxy groups -OCH3 is 1. The summed E-state index contributed by atoms with van der Waals surface area (Å²) in [6.45, 7) is 8.98. The lowest BCUT2D eigenvalue weighted by molar-refractivity contribution is 0.312. The van der Waals surface area contributed by atoms with Crippen LogP contribution in [0.5, 0.6) is 5.75 Å². The summed E-state index contributed by atoms with van der Waals surface area (Å²) in [6.07, 6.45) is 4.24. The quantitative estimate of drug-likeness (QED) is 0.871. The van der Waals surface area contributed by atoms with Crippen molar-refractivity contribution >= 4 is 0 Å². The van der Waals surface area contributed by atoms with Crippen LogP contribution in [0.2, 0.25) is 0 Å². The first-order chi connectivity index (χ1) is 10.2. The predicted molar refractivity (Wildman–Crippen MR) is 86.9 cm³/mol. The summed E-state index contributed by atoms with van der Waals surface area (Å²) in [6, 6.07) is 5.41. The molecule has 0 aromatic heterocycles. The van der Waals surface area contributed by atoms with Gasteiger partial charge in [0.05, 0.1) is 7.11 Å². The molecule has 1 saturated heterocycles. The molecule has 1 aromatic carbocycles. The van der Waals surface area contributed by atoms with E-state index in [1.807, 2.05) is 0 Å². The third-order valence-electron chi connectivity index (χ3n) is 4.87. The minimum Gasteiger partial charge on any atom is -0.496 e. The molecule has 3 heteroatoms. The van der Waals surface area contributed by atoms with Crippen LogP contribution in [0.25, 0.3) is 0 Å². The van der Waals surface area contributed by atoms with Crippen molar-refractivity contribution in [1.82, 2.24) is 10.2 Å². The maximum absolute atomic E-state index is 5.43. The van der Waals surface area contributed by atoms with Crippen molar-refractivity contribution in [3.05, 3.63) is 28.8 Å². The van der Waals surface area contributed by atoms with E-state index in [2.05, 4.69) is 36.2 Å². The standard InChI is InChI=1S/C18H28N2O/c1-13-8-16(9-14(2)18(13)21-3)11-19-10-15-6-7-20(12-15)17-4-5-17/h8-9,15,17,19H,4-7,10-12H2,1-3H3. The van der Waals surface area contributed by atoms with Crippen molar-refractivity contribution < 1.29 is 4.74 Å². The van der Waals surface area contributed by atoms with E-state index >= 15 is 0 Å². The van der Waals surface area contributed by atoms with Crippen molar-refractivity contribution in [3.8, 4) is 5.75 Å². The lowest BCUT2D eigenvalue weighted by Crippen LogP contribution is -2.27. The van der Waals surface area contributed by atoms with Crippen molar-refractivity contribution in [3.63, 3.8) is 0 Å². The number of nitrogens with one attached hydrogen (secondary N) is 1. The smallest absolute Gasteiger partial charge is 0.124 e. The Balaban J connectivity index is 1.47. The molecule has 1 aliphatic carbocycles. The molecule has 1 aromatic rings. The van der Waals surface area contributed by atoms with Crippen molar-refractivity contribution in [2.75, 3.05) is 26.7 Å². The molecule has 3 nitrogen and oxygen atoms in total. The second kappa shape index (κ2) is 6.37. The van der Waals surface area contributed by atoms with E-state index in [0.29, 0.717) is 0 Å². The molecule has 3 rings (SSSR count). The van der Waals surface area contributed by atoms with Crippen molar-refractivity contribution in [2.45, 2.75) is 45.7 Å². The highest BCUT2D eigenvalue weighted by molar-refractivity contribution is 5.43. The average molecular weight is 288 g/mol. The Morgan fingerprint density at radius 3 is 2.52 bits per heavy atom. The highest BCUT2D eigenvalue weighted by Gasteiger charge is 2.33. The summed E-state index contributed by atoms with van der Waals surface area (Å²) in [7, 11) is 1.75. The molecule has 1 atom stereocenters. The zero-order valence-corrected chi connectivity index (χ0v) is 13.6. The van der Waals surface area contributed by atoms with Gasteiger partial charge in [-0.3, -0.25) is 0 Å². The van der Waals surface area contributed by atoms with Gasteiger partial charge in [0, 0.05) is 19.1 Å². The molecule has 0 spiro atoms. The number of hydrogen-bond acceptors (Lipinski definition) is 3. The molecule has 1 unspecified atom stereocenters. The molecule has 2 aliphatic rings. The highest BCUT2D eigenvalue weighted by Crippen LogP contribution is 2.31. The van der Waals surface area contributed by atoms with E-state index in [4.69, 9.17) is 4.74 Å². The van der Waals surface area contributed by atoms with Crippen LogP contribution in [0.4, 0.5) is 0 Å². The van der Waals surface area contributed by atoms with Gasteiger partial charge in [0.25, 0.3) is 0 Å². The first kappa shape index (κ1) is 14.9. The monoisotopic (exact) mass is 288 g/mol. The van der Waals surface area contributed by atoms with Crippen molar-refractivity contribution in [2.24, 2.45) is 5.92 Å². The number of hydrogen-bond donors (Lipinski definition) is 1. The number of benzene rings is 1. The molecule has 0 radical (unpaired) electrons. The summed E-state index contributed by atoms with van der Waals surface area (Å²) >= 11 is 0. The van der Waals surface area contributed by atoms with Gasteiger partial charge in [-0.15, -0.1) is 0 Å². The van der Waals surface area contributed by atoms with Crippen LogP contribution in [0.3, 0.4) is 0 Å². The zero-order chi connectivity index (χ0) is 14.8. The number of nitrogens with zero attached hydrogens (tertiary/aromatic N) is 1. The SMILES string of the molecule is COc1c(C)cc(CNCC2CCN(C3CC3)C2)cc1C. The number of likely N-dealkylation sites (tertiary alicyclic amines) is 1. The molecular weight excluding hydrogens is 260 g/mol. The van der Waals surface area contributed by atoms with Crippen LogP contribution in [0.1, 0.15) is 36.0 Å². The van der Waals surface area contributed by atoms with Crippen LogP contribution < -0.4 is 10.1 Å². The Kier molecular flexibility index (Phi) is 4.51. The Bertz CT molecular complexity index is 473. The van der Waals surface area contributed by atoms with Gasteiger partial charge < -0.3 is 15.0 Å². The lowest BCUT2D eigenvalue weighted by atomic mass is 10.0. The maximum Gasteiger partial charge on any atom is 0.124 e. The van der Waals surface area contributed by atoms with E-state index in [-0.39, 0.29) is 0 Å². The molecule has 116 valence electrons. The molecule has 1 heterocycles. The molecule has 1 saturated carbocycles. The minimum atomic E-state index is 0.839.